The average molecular weight is 430 g/mol. The zero-order valence-electron chi connectivity index (χ0n) is 14.2. The highest BCUT2D eigenvalue weighted by molar-refractivity contribution is 7.93. The zero-order chi connectivity index (χ0) is 20.9. The fourth-order valence-electron chi connectivity index (χ4n) is 1.87. The first-order valence-corrected chi connectivity index (χ1v) is 9.79. The van der Waals surface area contributed by atoms with Crippen LogP contribution in [0.1, 0.15) is 10.5 Å². The third-order valence-electron chi connectivity index (χ3n) is 3.20. The van der Waals surface area contributed by atoms with Gasteiger partial charge in [0.25, 0.3) is 10.0 Å². The van der Waals surface area contributed by atoms with Crippen molar-refractivity contribution < 1.29 is 27.5 Å². The normalized spacial score (nSPS) is 10.8. The summed E-state index contributed by atoms with van der Waals surface area (Å²) in [4.78, 5) is 25.8. The Bertz CT molecular complexity index is 1020. The number of carbonyl (C=O) groups is 2. The molecule has 28 heavy (non-hydrogen) atoms. The maximum absolute atomic E-state index is 14.2. The first-order chi connectivity index (χ1) is 13.1. The van der Waals surface area contributed by atoms with Gasteiger partial charge in [-0.3, -0.25) is 14.9 Å². The van der Waals surface area contributed by atoms with E-state index in [-0.39, 0.29) is 23.2 Å². The molecular weight excluding hydrogens is 415 g/mol. The molecule has 2 aromatic rings. The number of carboxylic acid groups (broad SMARTS) is 1. The van der Waals surface area contributed by atoms with E-state index in [2.05, 4.69) is 20.9 Å². The van der Waals surface area contributed by atoms with Gasteiger partial charge in [0.1, 0.15) is 10.8 Å². The summed E-state index contributed by atoms with van der Waals surface area (Å²) in [6.45, 7) is -0.302. The molecule has 1 aromatic heterocycles. The molecule has 0 fully saturated rings. The highest BCUT2D eigenvalue weighted by atomic mass is 32.2. The number of amides is 1. The van der Waals surface area contributed by atoms with Gasteiger partial charge < -0.3 is 21.1 Å². The van der Waals surface area contributed by atoms with Crippen LogP contribution in [-0.4, -0.2) is 49.9 Å². The average Bonchev–Trinajstić information content (AvgIpc) is 3.08. The standard InChI is InChI=1S/C14H15FN6O5S2/c1-17-14(16)18-5-10(22)20-9-3-2-7(4-8(9)15)28(25,26)21-12-11(13(23)24)19-6-27-12/h2-4,6,21H,5H2,1H3,(H,20,22)(H,23,24)(H3,16,17,18). The molecule has 0 saturated carbocycles. The van der Waals surface area contributed by atoms with E-state index in [4.69, 9.17) is 10.5 Å². The second-order valence-electron chi connectivity index (χ2n) is 5.11. The van der Waals surface area contributed by atoms with E-state index in [1.165, 1.54) is 7.05 Å². The minimum Gasteiger partial charge on any atom is -0.476 e. The molecule has 1 aromatic carbocycles. The number of aromatic nitrogens is 1. The Balaban J connectivity index is 2.14. The molecule has 0 aliphatic rings. The van der Waals surface area contributed by atoms with Gasteiger partial charge in [0.05, 0.1) is 22.6 Å². The first kappa shape index (κ1) is 21.0. The van der Waals surface area contributed by atoms with Gasteiger partial charge in [0.2, 0.25) is 5.91 Å². The third kappa shape index (κ3) is 5.14. The van der Waals surface area contributed by atoms with Crippen molar-refractivity contribution in [2.75, 3.05) is 23.6 Å². The lowest BCUT2D eigenvalue weighted by Crippen LogP contribution is -2.38. The number of hydrogen-bond acceptors (Lipinski definition) is 7. The van der Waals surface area contributed by atoms with Crippen LogP contribution in [0.4, 0.5) is 15.1 Å². The van der Waals surface area contributed by atoms with Crippen LogP contribution in [0.25, 0.3) is 0 Å². The minimum atomic E-state index is -4.28. The lowest BCUT2D eigenvalue weighted by atomic mass is 10.3. The van der Waals surface area contributed by atoms with Crippen LogP contribution >= 0.6 is 11.3 Å². The van der Waals surface area contributed by atoms with Crippen molar-refractivity contribution in [3.05, 3.63) is 35.2 Å². The predicted molar refractivity (Wildman–Crippen MR) is 99.7 cm³/mol. The van der Waals surface area contributed by atoms with Crippen molar-refractivity contribution in [2.24, 2.45) is 0 Å². The van der Waals surface area contributed by atoms with Crippen LogP contribution in [0, 0.1) is 11.2 Å². The van der Waals surface area contributed by atoms with Gasteiger partial charge >= 0.3 is 5.97 Å². The van der Waals surface area contributed by atoms with Gasteiger partial charge in [-0.15, -0.1) is 11.3 Å². The third-order valence-corrected chi connectivity index (χ3v) is 5.42. The number of anilines is 2. The Morgan fingerprint density at radius 2 is 2.07 bits per heavy atom. The second kappa shape index (κ2) is 8.62. The first-order valence-electron chi connectivity index (χ1n) is 7.43. The lowest BCUT2D eigenvalue weighted by molar-refractivity contribution is -0.115. The Hall–Kier alpha value is -3.26. The van der Waals surface area contributed by atoms with Gasteiger partial charge in [-0.1, -0.05) is 0 Å². The van der Waals surface area contributed by atoms with E-state index in [0.29, 0.717) is 6.07 Å². The number of thiazole rings is 1. The Kier molecular flexibility index (Phi) is 6.48. The number of hydrogen-bond donors (Lipinski definition) is 6. The predicted octanol–water partition coefficient (Wildman–Crippen LogP) is 0.463. The maximum atomic E-state index is 14.2. The minimum absolute atomic E-state index is 0.105. The Labute approximate surface area is 162 Å². The van der Waals surface area contributed by atoms with Crippen molar-refractivity contribution in [1.82, 2.24) is 15.6 Å². The fraction of sp³-hybridized carbons (Fsp3) is 0.143. The molecule has 1 heterocycles. The number of guanidine groups is 1. The summed E-state index contributed by atoms with van der Waals surface area (Å²) in [5, 5.41) is 23.1. The maximum Gasteiger partial charge on any atom is 0.357 e. The summed E-state index contributed by atoms with van der Waals surface area (Å²) in [7, 11) is -2.80. The number of halogens is 1. The summed E-state index contributed by atoms with van der Waals surface area (Å²) in [6.07, 6.45) is 0. The molecule has 0 aliphatic heterocycles. The largest absolute Gasteiger partial charge is 0.476 e. The molecule has 0 unspecified atom stereocenters. The molecule has 6 N–H and O–H groups in total. The number of carboxylic acids is 1. The summed E-state index contributed by atoms with van der Waals surface area (Å²) < 4.78 is 41.0. The Morgan fingerprint density at radius 1 is 1.36 bits per heavy atom. The molecule has 14 heteroatoms. The van der Waals surface area contributed by atoms with Crippen molar-refractivity contribution in [3.8, 4) is 0 Å². The summed E-state index contributed by atoms with van der Waals surface area (Å²) in [6, 6.07) is 2.78. The molecule has 0 radical (unpaired) electrons. The molecule has 0 atom stereocenters. The van der Waals surface area contributed by atoms with Crippen LogP contribution < -0.4 is 20.7 Å². The molecule has 150 valence electrons. The smallest absolute Gasteiger partial charge is 0.357 e. The number of carbonyl (C=O) groups excluding carboxylic acids is 1. The van der Waals surface area contributed by atoms with Crippen LogP contribution in [0.2, 0.25) is 0 Å². The lowest BCUT2D eigenvalue weighted by Gasteiger charge is -2.11. The zero-order valence-corrected chi connectivity index (χ0v) is 15.9. The van der Waals surface area contributed by atoms with Gasteiger partial charge in [-0.2, -0.15) is 0 Å². The second-order valence-corrected chi connectivity index (χ2v) is 7.65. The number of nitrogens with one attached hydrogen (secondary N) is 5. The summed E-state index contributed by atoms with van der Waals surface area (Å²) in [5.74, 6) is -3.18. The van der Waals surface area contributed by atoms with Crippen LogP contribution in [-0.2, 0) is 14.8 Å². The van der Waals surface area contributed by atoms with Gasteiger partial charge in [0, 0.05) is 7.05 Å². The van der Waals surface area contributed by atoms with Crippen molar-refractivity contribution in [1.29, 1.82) is 5.41 Å². The highest BCUT2D eigenvalue weighted by Gasteiger charge is 2.22. The number of aromatic carboxylic acids is 1. The van der Waals surface area contributed by atoms with Gasteiger partial charge in [-0.05, 0) is 18.2 Å². The molecular formula is C14H15FN6O5S2. The quantitative estimate of drug-likeness (QED) is 0.271. The van der Waals surface area contributed by atoms with Crippen molar-refractivity contribution >= 4 is 49.9 Å². The number of rotatable bonds is 7. The monoisotopic (exact) mass is 430 g/mol. The van der Waals surface area contributed by atoms with E-state index < -0.39 is 38.3 Å². The SMILES string of the molecule is CNC(=N)NCC(=O)Nc1ccc(S(=O)(=O)Nc2scnc2C(=O)O)cc1F. The van der Waals surface area contributed by atoms with Gasteiger partial charge in [0.15, 0.2) is 11.7 Å². The number of nitrogens with zero attached hydrogens (tertiary/aromatic N) is 1. The number of benzene rings is 1. The topological polar surface area (TPSA) is 173 Å². The van der Waals surface area contributed by atoms with E-state index in [1.54, 1.807) is 0 Å². The Morgan fingerprint density at radius 3 is 2.68 bits per heavy atom. The number of sulfonamides is 1. The van der Waals surface area contributed by atoms with Crippen LogP contribution in [0.3, 0.4) is 0 Å². The van der Waals surface area contributed by atoms with Gasteiger partial charge in [-0.25, -0.2) is 22.6 Å². The molecule has 0 saturated heterocycles. The molecule has 0 aliphatic carbocycles. The summed E-state index contributed by atoms with van der Waals surface area (Å²) >= 11 is 0.762. The van der Waals surface area contributed by atoms with E-state index in [1.807, 2.05) is 4.72 Å². The van der Waals surface area contributed by atoms with Crippen molar-refractivity contribution in [3.63, 3.8) is 0 Å². The van der Waals surface area contributed by atoms with E-state index >= 15 is 0 Å². The molecule has 2 rings (SSSR count). The highest BCUT2D eigenvalue weighted by Crippen LogP contribution is 2.25. The van der Waals surface area contributed by atoms with Crippen molar-refractivity contribution in [2.45, 2.75) is 4.90 Å². The molecule has 0 bridgehead atoms. The van der Waals surface area contributed by atoms with E-state index in [0.717, 1.165) is 29.0 Å². The summed E-state index contributed by atoms with van der Waals surface area (Å²) in [5.41, 5.74) is 0.422. The molecule has 0 spiro atoms. The fourth-order valence-corrected chi connectivity index (χ4v) is 3.87. The van der Waals surface area contributed by atoms with Crippen LogP contribution in [0.15, 0.2) is 28.6 Å². The van der Waals surface area contributed by atoms with E-state index in [9.17, 15) is 22.4 Å². The molecule has 1 amide bonds. The van der Waals surface area contributed by atoms with Crippen LogP contribution in [0.5, 0.6) is 0 Å². The molecule has 11 nitrogen and oxygen atoms in total.